The van der Waals surface area contributed by atoms with Crippen LogP contribution in [0, 0.1) is 19.7 Å². The van der Waals surface area contributed by atoms with Gasteiger partial charge in [-0.25, -0.2) is 13.2 Å². The van der Waals surface area contributed by atoms with Gasteiger partial charge in [0.2, 0.25) is 5.91 Å². The van der Waals surface area contributed by atoms with Crippen LogP contribution in [0.3, 0.4) is 0 Å². The molecular formula is C37H47F3N6O5. The van der Waals surface area contributed by atoms with Gasteiger partial charge in [0.25, 0.3) is 11.5 Å². The highest BCUT2D eigenvalue weighted by molar-refractivity contribution is 5.85. The fourth-order valence-electron chi connectivity index (χ4n) is 7.63. The van der Waals surface area contributed by atoms with Gasteiger partial charge >= 0.3 is 0 Å². The van der Waals surface area contributed by atoms with Crippen molar-refractivity contribution < 1.29 is 32.5 Å². The summed E-state index contributed by atoms with van der Waals surface area (Å²) in [6.07, 6.45) is 2.02. The van der Waals surface area contributed by atoms with Crippen molar-refractivity contribution in [2.75, 3.05) is 63.7 Å². The Morgan fingerprint density at radius 2 is 1.65 bits per heavy atom. The number of likely N-dealkylation sites (tertiary alicyclic amines) is 1. The Kier molecular flexibility index (Phi) is 10.6. The summed E-state index contributed by atoms with van der Waals surface area (Å²) >= 11 is 0. The van der Waals surface area contributed by atoms with Crippen molar-refractivity contribution in [2.45, 2.75) is 63.9 Å². The number of aromatic nitrogens is 1. The Balaban J connectivity index is 1.08. The number of methoxy groups -OCH3 is 2. The Morgan fingerprint density at radius 3 is 2.25 bits per heavy atom. The van der Waals surface area contributed by atoms with Crippen LogP contribution in [0.4, 0.5) is 24.5 Å². The summed E-state index contributed by atoms with van der Waals surface area (Å²) in [6.45, 7) is 5.48. The van der Waals surface area contributed by atoms with Crippen LogP contribution in [-0.2, 0) is 18.4 Å². The number of nitrogens with one attached hydrogen (secondary N) is 2. The Hall–Kier alpha value is -4.27. The molecule has 0 bridgehead atoms. The third kappa shape index (κ3) is 7.54. The van der Waals surface area contributed by atoms with Crippen molar-refractivity contribution in [3.05, 3.63) is 69.4 Å². The fourth-order valence-corrected chi connectivity index (χ4v) is 7.63. The van der Waals surface area contributed by atoms with Gasteiger partial charge in [-0.1, -0.05) is 0 Å². The van der Waals surface area contributed by atoms with E-state index in [0.717, 1.165) is 16.7 Å². The molecule has 3 atom stereocenters. The summed E-state index contributed by atoms with van der Waals surface area (Å²) in [5, 5.41) is 15.1. The van der Waals surface area contributed by atoms with Crippen LogP contribution in [0.1, 0.15) is 36.0 Å². The van der Waals surface area contributed by atoms with E-state index in [2.05, 4.69) is 10.6 Å². The molecule has 1 unspecified atom stereocenters. The Labute approximate surface area is 295 Å². The van der Waals surface area contributed by atoms with Crippen LogP contribution in [0.5, 0.6) is 11.5 Å². The first-order valence-corrected chi connectivity index (χ1v) is 17.4. The molecule has 3 fully saturated rings. The number of aliphatic hydroxyl groups is 1. The molecule has 1 aromatic heterocycles. The molecule has 0 spiro atoms. The van der Waals surface area contributed by atoms with Crippen molar-refractivity contribution in [1.29, 1.82) is 0 Å². The average molecular weight is 713 g/mol. The molecule has 2 aromatic carbocycles. The molecule has 0 radical (unpaired) electrons. The summed E-state index contributed by atoms with van der Waals surface area (Å²) in [5.74, 6) is -2.74. The molecule has 11 nitrogen and oxygen atoms in total. The lowest BCUT2D eigenvalue weighted by molar-refractivity contribution is -0.129. The third-order valence-corrected chi connectivity index (χ3v) is 10.6. The topological polar surface area (TPSA) is 112 Å². The van der Waals surface area contributed by atoms with E-state index in [1.54, 1.807) is 56.0 Å². The van der Waals surface area contributed by atoms with Crippen molar-refractivity contribution >= 4 is 17.3 Å². The minimum atomic E-state index is -2.98. The summed E-state index contributed by atoms with van der Waals surface area (Å²) in [4.78, 5) is 30.0. The predicted molar refractivity (Wildman–Crippen MR) is 189 cm³/mol. The van der Waals surface area contributed by atoms with Gasteiger partial charge in [0.15, 0.2) is 0 Å². The second-order valence-corrected chi connectivity index (χ2v) is 13.8. The molecule has 4 heterocycles. The number of benzene rings is 2. The molecule has 14 heteroatoms. The molecule has 0 aliphatic carbocycles. The second-order valence-electron chi connectivity index (χ2n) is 13.8. The number of hydrogen-bond acceptors (Lipinski definition) is 9. The van der Waals surface area contributed by atoms with E-state index in [0.29, 0.717) is 79.6 Å². The largest absolute Gasteiger partial charge is 0.496 e. The highest BCUT2D eigenvalue weighted by Gasteiger charge is 2.48. The van der Waals surface area contributed by atoms with Gasteiger partial charge < -0.3 is 34.7 Å². The maximum absolute atomic E-state index is 15.9. The maximum atomic E-state index is 15.9. The lowest BCUT2D eigenvalue weighted by Gasteiger charge is -2.46. The number of amides is 1. The van der Waals surface area contributed by atoms with E-state index in [9.17, 15) is 14.7 Å². The number of halogens is 3. The van der Waals surface area contributed by atoms with Gasteiger partial charge in [0, 0.05) is 69.3 Å². The molecular weight excluding hydrogens is 665 g/mol. The van der Waals surface area contributed by atoms with Crippen molar-refractivity contribution in [2.24, 2.45) is 7.05 Å². The van der Waals surface area contributed by atoms with Gasteiger partial charge in [-0.3, -0.25) is 19.4 Å². The number of alkyl halides is 2. The van der Waals surface area contributed by atoms with Crippen LogP contribution in [0.2, 0.25) is 0 Å². The first-order chi connectivity index (χ1) is 24.3. The first-order valence-electron chi connectivity index (χ1n) is 17.4. The molecule has 3 aliphatic heterocycles. The molecule has 1 amide bonds. The SMILES string of the molecule is COc1cc(-c2cn(C)c(=O)c(C)c2C)cc(OC)c1CN1CC[C@@H](N2CCN(c3ccc(N[C@@H]4CCC(O)NC4=O)cc3F)CC2)C(F)(F)C1. The zero-order chi connectivity index (χ0) is 36.6. The van der Waals surface area contributed by atoms with Crippen molar-refractivity contribution in [3.63, 3.8) is 0 Å². The Morgan fingerprint density at radius 1 is 0.961 bits per heavy atom. The number of hydrogen-bond donors (Lipinski definition) is 3. The number of pyridine rings is 1. The van der Waals surface area contributed by atoms with Crippen LogP contribution in [0.15, 0.2) is 41.3 Å². The van der Waals surface area contributed by atoms with Gasteiger partial charge in [-0.2, -0.15) is 0 Å². The van der Waals surface area contributed by atoms with Crippen LogP contribution in [0.25, 0.3) is 11.1 Å². The molecule has 6 rings (SSSR count). The van der Waals surface area contributed by atoms with Crippen LogP contribution >= 0.6 is 0 Å². The molecule has 3 N–H and O–H groups in total. The van der Waals surface area contributed by atoms with E-state index >= 15 is 13.2 Å². The van der Waals surface area contributed by atoms with Crippen LogP contribution < -0.4 is 30.6 Å². The number of nitrogens with zero attached hydrogens (tertiary/aromatic N) is 4. The molecule has 276 valence electrons. The Bertz CT molecular complexity index is 1800. The predicted octanol–water partition coefficient (Wildman–Crippen LogP) is 3.87. The minimum Gasteiger partial charge on any atom is -0.496 e. The summed E-state index contributed by atoms with van der Waals surface area (Å²) in [6, 6.07) is 6.92. The molecule has 3 saturated heterocycles. The number of anilines is 2. The van der Waals surface area contributed by atoms with E-state index in [1.807, 2.05) is 28.9 Å². The smallest absolute Gasteiger partial charge is 0.275 e. The van der Waals surface area contributed by atoms with Crippen molar-refractivity contribution in [3.8, 4) is 22.6 Å². The quantitative estimate of drug-likeness (QED) is 0.305. The summed E-state index contributed by atoms with van der Waals surface area (Å²) < 4.78 is 60.1. The normalized spacial score (nSPS) is 22.8. The number of ether oxygens (including phenoxy) is 2. The highest BCUT2D eigenvalue weighted by Crippen LogP contribution is 2.39. The third-order valence-electron chi connectivity index (χ3n) is 10.6. The number of piperazine rings is 1. The average Bonchev–Trinajstić information content (AvgIpc) is 3.10. The second kappa shape index (κ2) is 14.8. The monoisotopic (exact) mass is 712 g/mol. The summed E-state index contributed by atoms with van der Waals surface area (Å²) in [5.41, 5.74) is 4.61. The standard InChI is InChI=1S/C37H47F3N6O5/c1-22-23(2)36(49)43(3)19-26(22)24-16-31(50-4)27(32(17-24)51-5)20-44-11-10-33(37(39,40)21-44)46-14-12-45(13-15-46)30-8-6-25(18-28(30)38)41-29-7-9-34(47)42-35(29)48/h6,8,16-19,29,33-34,41,47H,7,9-15,20-21H2,1-5H3,(H,42,48)/t29-,33-,34?/m1/s1. The zero-order valence-electron chi connectivity index (χ0n) is 29.8. The number of carbonyl (C=O) groups is 1. The first kappa shape index (κ1) is 36.5. The minimum absolute atomic E-state index is 0.0678. The number of aryl methyl sites for hydroxylation is 1. The van der Waals surface area contributed by atoms with E-state index in [-0.39, 0.29) is 24.4 Å². The zero-order valence-corrected chi connectivity index (χ0v) is 29.8. The van der Waals surface area contributed by atoms with Crippen molar-refractivity contribution in [1.82, 2.24) is 19.7 Å². The van der Waals surface area contributed by atoms with Gasteiger partial charge in [0.05, 0.1) is 38.1 Å². The molecule has 51 heavy (non-hydrogen) atoms. The maximum Gasteiger partial charge on any atom is 0.275 e. The number of rotatable bonds is 9. The van der Waals surface area contributed by atoms with E-state index < -0.39 is 36.6 Å². The van der Waals surface area contributed by atoms with E-state index in [4.69, 9.17) is 9.47 Å². The lowest BCUT2D eigenvalue weighted by atomic mass is 9.95. The highest BCUT2D eigenvalue weighted by atomic mass is 19.3. The summed E-state index contributed by atoms with van der Waals surface area (Å²) in [7, 11) is 4.79. The number of piperidine rings is 2. The number of carbonyl (C=O) groups excluding carboxylic acids is 1. The van der Waals surface area contributed by atoms with E-state index in [1.165, 1.54) is 6.07 Å². The molecule has 3 aliphatic rings. The van der Waals surface area contributed by atoms with Gasteiger partial charge in [0.1, 0.15) is 29.6 Å². The van der Waals surface area contributed by atoms with Gasteiger partial charge in [-0.15, -0.1) is 0 Å². The fraction of sp³-hybridized carbons (Fsp3) is 0.514. The number of aliphatic hydroxyl groups excluding tert-OH is 1. The van der Waals surface area contributed by atoms with Crippen LogP contribution in [-0.4, -0.2) is 103 Å². The van der Waals surface area contributed by atoms with Gasteiger partial charge in [-0.05, 0) is 74.6 Å². The lowest BCUT2D eigenvalue weighted by Crippen LogP contribution is -2.61. The molecule has 0 saturated carbocycles. The molecule has 3 aromatic rings.